The van der Waals surface area contributed by atoms with Gasteiger partial charge < -0.3 is 5.32 Å². The zero-order valence-corrected chi connectivity index (χ0v) is 18.7. The Balaban J connectivity index is 1.60. The summed E-state index contributed by atoms with van der Waals surface area (Å²) < 4.78 is 27.4. The normalized spacial score (nSPS) is 12.4. The van der Waals surface area contributed by atoms with Gasteiger partial charge in [0.1, 0.15) is 4.21 Å². The Hall–Kier alpha value is -2.29. The Bertz CT molecular complexity index is 1070. The summed E-state index contributed by atoms with van der Waals surface area (Å²) in [6.45, 7) is 5.83. The van der Waals surface area contributed by atoms with E-state index in [0.29, 0.717) is 5.69 Å². The lowest BCUT2D eigenvalue weighted by Crippen LogP contribution is -2.22. The smallest absolute Gasteiger partial charge is 0.271 e. The summed E-state index contributed by atoms with van der Waals surface area (Å²) in [5, 5.41) is 4.37. The van der Waals surface area contributed by atoms with E-state index in [0.717, 1.165) is 21.7 Å². The molecule has 1 aromatic heterocycles. The average Bonchev–Trinajstić information content (AvgIpc) is 3.18. The predicted molar refractivity (Wildman–Crippen MR) is 121 cm³/mol. The minimum Gasteiger partial charge on any atom is -0.325 e. The Morgan fingerprint density at radius 3 is 2.24 bits per heavy atom. The molecular weight excluding hydrogens is 424 g/mol. The van der Waals surface area contributed by atoms with Crippen LogP contribution in [0.15, 0.2) is 69.1 Å². The van der Waals surface area contributed by atoms with E-state index in [-0.39, 0.29) is 15.4 Å². The van der Waals surface area contributed by atoms with Gasteiger partial charge in [-0.1, -0.05) is 12.1 Å². The molecule has 0 aliphatic carbocycles. The summed E-state index contributed by atoms with van der Waals surface area (Å²) >= 11 is 2.58. The molecule has 0 bridgehead atoms. The molecule has 0 saturated carbocycles. The summed E-state index contributed by atoms with van der Waals surface area (Å²) in [7, 11) is -3.56. The molecule has 2 N–H and O–H groups in total. The molecular formula is C21H22N2O3S3. The van der Waals surface area contributed by atoms with E-state index in [2.05, 4.69) is 16.1 Å². The van der Waals surface area contributed by atoms with Crippen LogP contribution in [0.4, 0.5) is 11.4 Å². The van der Waals surface area contributed by atoms with Crippen LogP contribution in [0.25, 0.3) is 0 Å². The highest BCUT2D eigenvalue weighted by Crippen LogP contribution is 2.27. The van der Waals surface area contributed by atoms with Gasteiger partial charge in [-0.3, -0.25) is 9.52 Å². The first kappa shape index (κ1) is 21.4. The second-order valence-corrected chi connectivity index (χ2v) is 11.0. The lowest BCUT2D eigenvalue weighted by molar-refractivity contribution is -0.115. The molecule has 152 valence electrons. The molecule has 3 aromatic rings. The predicted octanol–water partition coefficient (Wildman–Crippen LogP) is 5.29. The number of thioether (sulfide) groups is 1. The molecule has 0 saturated heterocycles. The van der Waals surface area contributed by atoms with Gasteiger partial charge in [0.05, 0.1) is 5.25 Å². The van der Waals surface area contributed by atoms with Gasteiger partial charge in [-0.25, -0.2) is 8.42 Å². The Labute approximate surface area is 179 Å². The van der Waals surface area contributed by atoms with E-state index < -0.39 is 10.0 Å². The number of nitrogens with one attached hydrogen (secondary N) is 2. The first-order valence-corrected chi connectivity index (χ1v) is 12.2. The molecule has 3 rings (SSSR count). The summed E-state index contributed by atoms with van der Waals surface area (Å²) in [5.74, 6) is -0.0810. The Morgan fingerprint density at radius 2 is 1.66 bits per heavy atom. The maximum Gasteiger partial charge on any atom is 0.271 e. The summed E-state index contributed by atoms with van der Waals surface area (Å²) in [4.78, 5) is 13.4. The average molecular weight is 447 g/mol. The number of rotatable bonds is 7. The van der Waals surface area contributed by atoms with E-state index in [9.17, 15) is 13.2 Å². The van der Waals surface area contributed by atoms with Gasteiger partial charge in [-0.05, 0) is 79.7 Å². The molecule has 0 radical (unpaired) electrons. The van der Waals surface area contributed by atoms with Crippen molar-refractivity contribution in [1.29, 1.82) is 0 Å². The molecule has 1 amide bonds. The molecule has 1 heterocycles. The van der Waals surface area contributed by atoms with Crippen molar-refractivity contribution >= 4 is 50.4 Å². The number of benzene rings is 2. The number of hydrogen-bond donors (Lipinski definition) is 2. The highest BCUT2D eigenvalue weighted by Gasteiger charge is 2.17. The van der Waals surface area contributed by atoms with Crippen LogP contribution in [0.3, 0.4) is 0 Å². The zero-order chi connectivity index (χ0) is 21.0. The topological polar surface area (TPSA) is 75.3 Å². The van der Waals surface area contributed by atoms with E-state index in [1.54, 1.807) is 41.8 Å². The maximum absolute atomic E-state index is 12.5. The third kappa shape index (κ3) is 5.85. The van der Waals surface area contributed by atoms with E-state index in [1.807, 2.05) is 32.9 Å². The van der Waals surface area contributed by atoms with Crippen LogP contribution in [0.1, 0.15) is 18.1 Å². The minimum atomic E-state index is -3.56. The number of anilines is 2. The number of carbonyl (C=O) groups excluding carboxylic acids is 1. The van der Waals surface area contributed by atoms with Gasteiger partial charge in [-0.2, -0.15) is 0 Å². The third-order valence-electron chi connectivity index (χ3n) is 4.04. The molecule has 0 fully saturated rings. The molecule has 8 heteroatoms. The lowest BCUT2D eigenvalue weighted by Gasteiger charge is -2.13. The first-order valence-electron chi connectivity index (χ1n) is 8.95. The van der Waals surface area contributed by atoms with Crippen LogP contribution in [0.5, 0.6) is 0 Å². The van der Waals surface area contributed by atoms with E-state index in [4.69, 9.17) is 0 Å². The summed E-state index contributed by atoms with van der Waals surface area (Å²) in [6.07, 6.45) is 0. The quantitative estimate of drug-likeness (QED) is 0.484. The second kappa shape index (κ2) is 9.02. The minimum absolute atomic E-state index is 0.0810. The number of sulfonamides is 1. The molecule has 1 unspecified atom stereocenters. The van der Waals surface area contributed by atoms with Crippen molar-refractivity contribution < 1.29 is 13.2 Å². The number of hydrogen-bond acceptors (Lipinski definition) is 5. The van der Waals surface area contributed by atoms with Crippen molar-refractivity contribution in [1.82, 2.24) is 0 Å². The van der Waals surface area contributed by atoms with Gasteiger partial charge in [0.25, 0.3) is 10.0 Å². The second-order valence-electron chi connectivity index (χ2n) is 6.69. The number of carbonyl (C=O) groups is 1. The molecule has 5 nitrogen and oxygen atoms in total. The highest BCUT2D eigenvalue weighted by molar-refractivity contribution is 8.00. The van der Waals surface area contributed by atoms with Gasteiger partial charge in [0, 0.05) is 16.3 Å². The monoisotopic (exact) mass is 446 g/mol. The van der Waals surface area contributed by atoms with Crippen molar-refractivity contribution in [2.45, 2.75) is 35.1 Å². The van der Waals surface area contributed by atoms with Gasteiger partial charge >= 0.3 is 0 Å². The van der Waals surface area contributed by atoms with Crippen molar-refractivity contribution in [3.8, 4) is 0 Å². The van der Waals surface area contributed by atoms with Gasteiger partial charge in [0.2, 0.25) is 5.91 Å². The van der Waals surface area contributed by atoms with Crippen molar-refractivity contribution in [3.63, 3.8) is 0 Å². The zero-order valence-electron chi connectivity index (χ0n) is 16.3. The van der Waals surface area contributed by atoms with Gasteiger partial charge in [0.15, 0.2) is 0 Å². The van der Waals surface area contributed by atoms with Crippen LogP contribution in [0.2, 0.25) is 0 Å². The first-order chi connectivity index (χ1) is 13.7. The van der Waals surface area contributed by atoms with Crippen LogP contribution in [-0.2, 0) is 14.8 Å². The summed E-state index contributed by atoms with van der Waals surface area (Å²) in [6, 6.07) is 16.2. The van der Waals surface area contributed by atoms with Crippen molar-refractivity contribution in [3.05, 3.63) is 71.1 Å². The van der Waals surface area contributed by atoms with Crippen LogP contribution in [-0.4, -0.2) is 19.6 Å². The molecule has 0 aliphatic heterocycles. The van der Waals surface area contributed by atoms with Crippen LogP contribution in [0, 0.1) is 13.8 Å². The fraction of sp³-hybridized carbons (Fsp3) is 0.190. The molecule has 0 spiro atoms. The van der Waals surface area contributed by atoms with Crippen LogP contribution < -0.4 is 10.0 Å². The number of amides is 1. The fourth-order valence-electron chi connectivity index (χ4n) is 2.77. The molecule has 2 aromatic carbocycles. The standard InChI is InChI=1S/C21H22N2O3S3/c1-14-11-15(2)13-18(12-14)22-21(24)16(3)28-19-8-6-17(7-9-19)23-29(25,26)20-5-4-10-27-20/h4-13,16,23H,1-3H3,(H,22,24). The summed E-state index contributed by atoms with van der Waals surface area (Å²) in [5.41, 5.74) is 3.47. The molecule has 29 heavy (non-hydrogen) atoms. The maximum atomic E-state index is 12.5. The SMILES string of the molecule is Cc1cc(C)cc(NC(=O)C(C)Sc2ccc(NS(=O)(=O)c3cccs3)cc2)c1. The van der Waals surface area contributed by atoms with E-state index in [1.165, 1.54) is 23.1 Å². The van der Waals surface area contributed by atoms with Crippen molar-refractivity contribution in [2.24, 2.45) is 0 Å². The number of thiophene rings is 1. The van der Waals surface area contributed by atoms with E-state index >= 15 is 0 Å². The van der Waals surface area contributed by atoms with Crippen molar-refractivity contribution in [2.75, 3.05) is 10.0 Å². The fourth-order valence-corrected chi connectivity index (χ4v) is 5.69. The molecule has 1 atom stereocenters. The highest BCUT2D eigenvalue weighted by atomic mass is 32.2. The number of aryl methyl sites for hydroxylation is 2. The van der Waals surface area contributed by atoms with Crippen LogP contribution >= 0.6 is 23.1 Å². The largest absolute Gasteiger partial charge is 0.325 e. The Morgan fingerprint density at radius 1 is 1.00 bits per heavy atom. The van der Waals surface area contributed by atoms with Gasteiger partial charge in [-0.15, -0.1) is 23.1 Å². The third-order valence-corrected chi connectivity index (χ3v) is 7.93. The molecule has 0 aliphatic rings. The lowest BCUT2D eigenvalue weighted by atomic mass is 10.1. The Kier molecular flexibility index (Phi) is 6.66.